The van der Waals surface area contributed by atoms with Crippen molar-refractivity contribution in [2.75, 3.05) is 7.05 Å². The summed E-state index contributed by atoms with van der Waals surface area (Å²) in [7, 11) is 1.38. The van der Waals surface area contributed by atoms with Crippen LogP contribution >= 0.6 is 11.6 Å². The molecule has 0 saturated heterocycles. The van der Waals surface area contributed by atoms with Gasteiger partial charge in [0.15, 0.2) is 0 Å². The molecular formula is C20H19ClN2O4. The SMILES string of the molecule is CNC(=O)NC(=O)[C@H](OC(=O)/C=C/c1ccc(C)c(Cl)c1)c1ccccc1. The standard InChI is InChI=1S/C20H19ClN2O4/c1-13-8-9-14(12-16(13)21)10-11-17(24)27-18(15-6-4-3-5-7-15)19(25)23-20(26)22-2/h3-12,18H,1-2H3,(H2,22,23,25,26)/b11-10+/t18-/m1/s1. The largest absolute Gasteiger partial charge is 0.444 e. The van der Waals surface area contributed by atoms with Crippen molar-refractivity contribution in [1.82, 2.24) is 10.6 Å². The summed E-state index contributed by atoms with van der Waals surface area (Å²) < 4.78 is 5.27. The van der Waals surface area contributed by atoms with Crippen LogP contribution in [0.4, 0.5) is 4.79 Å². The van der Waals surface area contributed by atoms with Gasteiger partial charge < -0.3 is 10.1 Å². The highest BCUT2D eigenvalue weighted by Gasteiger charge is 2.25. The maximum Gasteiger partial charge on any atom is 0.331 e. The first-order valence-corrected chi connectivity index (χ1v) is 8.51. The minimum atomic E-state index is -1.26. The van der Waals surface area contributed by atoms with Crippen molar-refractivity contribution >= 4 is 35.6 Å². The molecule has 0 radical (unpaired) electrons. The fourth-order valence-electron chi connectivity index (χ4n) is 2.17. The zero-order chi connectivity index (χ0) is 19.8. The normalized spacial score (nSPS) is 11.7. The summed E-state index contributed by atoms with van der Waals surface area (Å²) in [6.07, 6.45) is 1.47. The molecule has 0 aliphatic heterocycles. The van der Waals surface area contributed by atoms with Crippen molar-refractivity contribution in [2.45, 2.75) is 13.0 Å². The summed E-state index contributed by atoms with van der Waals surface area (Å²) in [5.74, 6) is -1.48. The highest BCUT2D eigenvalue weighted by Crippen LogP contribution is 2.20. The number of ether oxygens (including phenoxy) is 1. The smallest absolute Gasteiger partial charge is 0.331 e. The molecule has 0 aromatic heterocycles. The average Bonchev–Trinajstić information content (AvgIpc) is 2.67. The summed E-state index contributed by atoms with van der Waals surface area (Å²) in [6.45, 7) is 1.87. The van der Waals surface area contributed by atoms with Crippen molar-refractivity contribution < 1.29 is 19.1 Å². The molecule has 2 aromatic carbocycles. The van der Waals surface area contributed by atoms with E-state index in [9.17, 15) is 14.4 Å². The predicted octanol–water partition coefficient (Wildman–Crippen LogP) is 3.40. The number of amides is 3. The third kappa shape index (κ3) is 5.97. The summed E-state index contributed by atoms with van der Waals surface area (Å²) in [5, 5.41) is 4.97. The van der Waals surface area contributed by atoms with Gasteiger partial charge in [0.1, 0.15) is 0 Å². The molecule has 140 valence electrons. The maximum absolute atomic E-state index is 12.3. The van der Waals surface area contributed by atoms with Crippen molar-refractivity contribution in [2.24, 2.45) is 0 Å². The highest BCUT2D eigenvalue weighted by atomic mass is 35.5. The number of rotatable bonds is 5. The molecule has 2 N–H and O–H groups in total. The quantitative estimate of drug-likeness (QED) is 0.609. The molecule has 3 amide bonds. The molecule has 0 aliphatic carbocycles. The van der Waals surface area contributed by atoms with E-state index < -0.39 is 24.0 Å². The van der Waals surface area contributed by atoms with E-state index in [-0.39, 0.29) is 0 Å². The first-order chi connectivity index (χ1) is 12.9. The van der Waals surface area contributed by atoms with Gasteiger partial charge in [-0.2, -0.15) is 0 Å². The van der Waals surface area contributed by atoms with Crippen LogP contribution in [0, 0.1) is 6.92 Å². The van der Waals surface area contributed by atoms with E-state index in [1.165, 1.54) is 19.2 Å². The van der Waals surface area contributed by atoms with Gasteiger partial charge in [-0.25, -0.2) is 9.59 Å². The predicted molar refractivity (Wildman–Crippen MR) is 103 cm³/mol. The van der Waals surface area contributed by atoms with Gasteiger partial charge in [-0.1, -0.05) is 54.1 Å². The second-order valence-corrected chi connectivity index (χ2v) is 6.05. The third-order valence-corrected chi connectivity index (χ3v) is 4.05. The zero-order valence-electron chi connectivity index (χ0n) is 14.9. The molecule has 0 bridgehead atoms. The summed E-state index contributed by atoms with van der Waals surface area (Å²) >= 11 is 6.06. The molecular weight excluding hydrogens is 368 g/mol. The Balaban J connectivity index is 2.15. The lowest BCUT2D eigenvalue weighted by Gasteiger charge is -2.16. The second-order valence-electron chi connectivity index (χ2n) is 5.64. The number of esters is 1. The number of carbonyl (C=O) groups is 3. The van der Waals surface area contributed by atoms with Crippen molar-refractivity contribution in [3.05, 3.63) is 76.3 Å². The molecule has 0 fully saturated rings. The van der Waals surface area contributed by atoms with Crippen LogP contribution in [-0.2, 0) is 14.3 Å². The Bertz CT molecular complexity index is 866. The number of hydrogen-bond acceptors (Lipinski definition) is 4. The monoisotopic (exact) mass is 386 g/mol. The Hall–Kier alpha value is -3.12. The lowest BCUT2D eigenvalue weighted by atomic mass is 10.1. The van der Waals surface area contributed by atoms with E-state index in [0.29, 0.717) is 16.1 Å². The molecule has 27 heavy (non-hydrogen) atoms. The zero-order valence-corrected chi connectivity index (χ0v) is 15.6. The molecule has 0 aliphatic rings. The average molecular weight is 387 g/mol. The summed E-state index contributed by atoms with van der Waals surface area (Å²) in [6, 6.07) is 13.1. The van der Waals surface area contributed by atoms with E-state index in [0.717, 1.165) is 5.56 Å². The van der Waals surface area contributed by atoms with Crippen molar-refractivity contribution in [1.29, 1.82) is 0 Å². The van der Waals surface area contributed by atoms with Crippen molar-refractivity contribution in [3.8, 4) is 0 Å². The van der Waals surface area contributed by atoms with E-state index in [2.05, 4.69) is 10.6 Å². The number of aryl methyl sites for hydroxylation is 1. The Morgan fingerprint density at radius 2 is 1.81 bits per heavy atom. The number of benzene rings is 2. The maximum atomic E-state index is 12.3. The van der Waals surface area contributed by atoms with Crippen LogP contribution in [0.1, 0.15) is 22.8 Å². The number of nitrogens with one attached hydrogen (secondary N) is 2. The fraction of sp³-hybridized carbons (Fsp3) is 0.150. The molecule has 2 aromatic rings. The first kappa shape index (κ1) is 20.2. The molecule has 7 heteroatoms. The number of urea groups is 1. The van der Waals surface area contributed by atoms with Gasteiger partial charge >= 0.3 is 12.0 Å². The Labute approximate surface area is 162 Å². The van der Waals surface area contributed by atoms with E-state index in [1.54, 1.807) is 42.5 Å². The molecule has 0 unspecified atom stereocenters. The van der Waals surface area contributed by atoms with Crippen LogP contribution in [0.15, 0.2) is 54.6 Å². The highest BCUT2D eigenvalue weighted by molar-refractivity contribution is 6.31. The van der Waals surface area contributed by atoms with E-state index in [4.69, 9.17) is 16.3 Å². The van der Waals surface area contributed by atoms with Gasteiger partial charge in [0.05, 0.1) is 0 Å². The topological polar surface area (TPSA) is 84.5 Å². The van der Waals surface area contributed by atoms with Gasteiger partial charge in [0, 0.05) is 23.7 Å². The van der Waals surface area contributed by atoms with Crippen LogP contribution in [0.5, 0.6) is 0 Å². The van der Waals surface area contributed by atoms with Crippen LogP contribution < -0.4 is 10.6 Å². The van der Waals surface area contributed by atoms with Crippen molar-refractivity contribution in [3.63, 3.8) is 0 Å². The van der Waals surface area contributed by atoms with Gasteiger partial charge in [0.25, 0.3) is 5.91 Å². The Morgan fingerprint density at radius 3 is 2.44 bits per heavy atom. The molecule has 0 spiro atoms. The van der Waals surface area contributed by atoms with E-state index >= 15 is 0 Å². The molecule has 6 nitrogen and oxygen atoms in total. The number of hydrogen-bond donors (Lipinski definition) is 2. The third-order valence-electron chi connectivity index (χ3n) is 3.65. The first-order valence-electron chi connectivity index (χ1n) is 8.13. The minimum Gasteiger partial charge on any atom is -0.444 e. The van der Waals surface area contributed by atoms with Crippen LogP contribution in [-0.4, -0.2) is 25.0 Å². The minimum absolute atomic E-state index is 0.444. The second kappa shape index (κ2) is 9.54. The molecule has 0 heterocycles. The van der Waals surface area contributed by atoms with Gasteiger partial charge in [-0.05, 0) is 30.2 Å². The lowest BCUT2D eigenvalue weighted by molar-refractivity contribution is -0.151. The number of imide groups is 1. The Morgan fingerprint density at radius 1 is 1.11 bits per heavy atom. The van der Waals surface area contributed by atoms with Crippen LogP contribution in [0.3, 0.4) is 0 Å². The lowest BCUT2D eigenvalue weighted by Crippen LogP contribution is -2.41. The summed E-state index contributed by atoms with van der Waals surface area (Å²) in [4.78, 5) is 35.9. The van der Waals surface area contributed by atoms with Gasteiger partial charge in [-0.3, -0.25) is 10.1 Å². The van der Waals surface area contributed by atoms with Crippen LogP contribution in [0.25, 0.3) is 6.08 Å². The number of halogens is 1. The van der Waals surface area contributed by atoms with E-state index in [1.807, 2.05) is 13.0 Å². The molecule has 2 rings (SSSR count). The Kier molecular flexibility index (Phi) is 7.14. The number of carbonyl (C=O) groups excluding carboxylic acids is 3. The van der Waals surface area contributed by atoms with Gasteiger partial charge in [-0.15, -0.1) is 0 Å². The fourth-order valence-corrected chi connectivity index (χ4v) is 2.36. The van der Waals surface area contributed by atoms with Gasteiger partial charge in [0.2, 0.25) is 6.10 Å². The van der Waals surface area contributed by atoms with Crippen LogP contribution in [0.2, 0.25) is 5.02 Å². The molecule has 0 saturated carbocycles. The summed E-state index contributed by atoms with van der Waals surface area (Å²) in [5.41, 5.74) is 2.08. The molecule has 1 atom stereocenters.